The average molecular weight is 261 g/mol. The van der Waals surface area contributed by atoms with Crippen molar-refractivity contribution in [1.82, 2.24) is 0 Å². The van der Waals surface area contributed by atoms with Gasteiger partial charge in [-0.25, -0.2) is 0 Å². The van der Waals surface area contributed by atoms with Crippen molar-refractivity contribution in [2.24, 2.45) is 0 Å². The summed E-state index contributed by atoms with van der Waals surface area (Å²) in [5.41, 5.74) is 0. The quantitative estimate of drug-likeness (QED) is 0.476. The molecule has 0 nitrogen and oxygen atoms in total. The van der Waals surface area contributed by atoms with E-state index >= 15 is 0 Å². The highest BCUT2D eigenvalue weighted by Gasteiger charge is 2.12. The minimum Gasteiger partial charge on any atom is -0.179 e. The number of thioether (sulfide) groups is 2. The fourth-order valence-electron chi connectivity index (χ4n) is 0.630. The summed E-state index contributed by atoms with van der Waals surface area (Å²) in [5, 5.41) is 0.602. The van der Waals surface area contributed by atoms with Crippen LogP contribution in [0.2, 0.25) is 0 Å². The minimum absolute atomic E-state index is 0.432. The molecule has 0 N–H and O–H groups in total. The fourth-order valence-corrected chi connectivity index (χ4v) is 3.57. The first-order chi connectivity index (χ1) is 5.72. The van der Waals surface area contributed by atoms with Crippen molar-refractivity contribution in [2.75, 3.05) is 23.0 Å². The summed E-state index contributed by atoms with van der Waals surface area (Å²) in [6, 6.07) is 0. The molecule has 0 rings (SSSR count). The maximum atomic E-state index is 4.52. The maximum absolute atomic E-state index is 4.52. The largest absolute Gasteiger partial charge is 0.179 e. The molecule has 0 amide bonds. The second-order valence-corrected chi connectivity index (χ2v) is 6.82. The van der Waals surface area contributed by atoms with Crippen molar-refractivity contribution >= 4 is 61.4 Å². The zero-order valence-corrected chi connectivity index (χ0v) is 11.5. The van der Waals surface area contributed by atoms with Crippen molar-refractivity contribution in [2.45, 2.75) is 16.8 Å². The maximum Gasteiger partial charge on any atom is 0.0588 e. The summed E-state index contributed by atoms with van der Waals surface area (Å²) >= 11 is 16.7. The minimum atomic E-state index is 0.432. The molecule has 0 aromatic heterocycles. The molecular formula is C7H16S5. The van der Waals surface area contributed by atoms with Crippen molar-refractivity contribution < 1.29 is 0 Å². The van der Waals surface area contributed by atoms with Crippen molar-refractivity contribution in [1.29, 1.82) is 0 Å². The van der Waals surface area contributed by atoms with Gasteiger partial charge in [-0.2, -0.15) is 49.6 Å². The molecule has 0 aromatic carbocycles. The molecule has 0 spiro atoms. The molecule has 0 bridgehead atoms. The van der Waals surface area contributed by atoms with Crippen LogP contribution in [0.5, 0.6) is 0 Å². The van der Waals surface area contributed by atoms with Gasteiger partial charge in [0.2, 0.25) is 0 Å². The third-order valence-corrected chi connectivity index (χ3v) is 6.00. The van der Waals surface area contributed by atoms with Gasteiger partial charge in [0.25, 0.3) is 0 Å². The van der Waals surface area contributed by atoms with Gasteiger partial charge in [-0.1, -0.05) is 6.92 Å². The predicted molar refractivity (Wildman–Crippen MR) is 74.9 cm³/mol. The molecule has 2 atom stereocenters. The van der Waals surface area contributed by atoms with E-state index in [4.69, 9.17) is 0 Å². The molecule has 2 unspecified atom stereocenters. The first-order valence-electron chi connectivity index (χ1n) is 3.85. The zero-order chi connectivity index (χ0) is 9.40. The Morgan fingerprint density at radius 1 is 1.08 bits per heavy atom. The lowest BCUT2D eigenvalue weighted by Gasteiger charge is -2.17. The van der Waals surface area contributed by atoms with Gasteiger partial charge in [-0.3, -0.25) is 0 Å². The van der Waals surface area contributed by atoms with Gasteiger partial charge >= 0.3 is 0 Å². The molecule has 0 heterocycles. The molecule has 5 heteroatoms. The SMILES string of the molecule is CC(SCCS)C(S)SCCS. The van der Waals surface area contributed by atoms with E-state index in [9.17, 15) is 0 Å². The van der Waals surface area contributed by atoms with Gasteiger partial charge in [0.15, 0.2) is 0 Å². The third-order valence-electron chi connectivity index (χ3n) is 1.25. The molecule has 0 radical (unpaired) electrons. The average Bonchev–Trinajstić information content (AvgIpc) is 2.10. The Hall–Kier alpha value is 1.75. The molecule has 0 aliphatic carbocycles. The van der Waals surface area contributed by atoms with E-state index in [2.05, 4.69) is 44.8 Å². The summed E-state index contributed by atoms with van der Waals surface area (Å²) in [4.78, 5) is 0. The van der Waals surface area contributed by atoms with Crippen LogP contribution in [-0.4, -0.2) is 32.8 Å². The number of thiol groups is 3. The monoisotopic (exact) mass is 260 g/mol. The van der Waals surface area contributed by atoms with E-state index in [-0.39, 0.29) is 0 Å². The standard InChI is InChI=1S/C7H16S5/c1-6(11-4-2-8)7(10)12-5-3-9/h6-10H,2-5H2,1H3. The number of hydrogen-bond donors (Lipinski definition) is 3. The van der Waals surface area contributed by atoms with Crippen LogP contribution in [-0.2, 0) is 0 Å². The van der Waals surface area contributed by atoms with Crippen LogP contribution >= 0.6 is 61.4 Å². The summed E-state index contributed by atoms with van der Waals surface area (Å²) in [6.07, 6.45) is 0. The molecule has 0 aliphatic heterocycles. The highest BCUT2D eigenvalue weighted by Crippen LogP contribution is 2.27. The van der Waals surface area contributed by atoms with Gasteiger partial charge in [-0.15, -0.1) is 11.8 Å². The summed E-state index contributed by atoms with van der Waals surface area (Å²) in [7, 11) is 0. The molecule has 12 heavy (non-hydrogen) atoms. The first kappa shape index (κ1) is 13.8. The van der Waals surface area contributed by atoms with E-state index in [0.29, 0.717) is 9.83 Å². The third kappa shape index (κ3) is 7.18. The second-order valence-electron chi connectivity index (χ2n) is 2.28. The Bertz CT molecular complexity index is 85.8. The smallest absolute Gasteiger partial charge is 0.0588 e. The van der Waals surface area contributed by atoms with Crippen molar-refractivity contribution in [3.8, 4) is 0 Å². The summed E-state index contributed by atoms with van der Waals surface area (Å²) in [6.45, 7) is 2.22. The van der Waals surface area contributed by atoms with Crippen LogP contribution in [0.3, 0.4) is 0 Å². The normalized spacial score (nSPS) is 16.0. The van der Waals surface area contributed by atoms with Gasteiger partial charge < -0.3 is 0 Å². The predicted octanol–water partition coefficient (Wildman–Crippen LogP) is 2.96. The highest BCUT2D eigenvalue weighted by atomic mass is 32.2. The lowest BCUT2D eigenvalue weighted by Crippen LogP contribution is -2.11. The molecule has 0 fully saturated rings. The van der Waals surface area contributed by atoms with Crippen LogP contribution < -0.4 is 0 Å². The fraction of sp³-hybridized carbons (Fsp3) is 1.00. The van der Waals surface area contributed by atoms with Gasteiger partial charge in [-0.05, 0) is 11.5 Å². The Balaban J connectivity index is 3.39. The topological polar surface area (TPSA) is 0 Å². The molecule has 0 saturated heterocycles. The number of hydrogen-bond acceptors (Lipinski definition) is 5. The Morgan fingerprint density at radius 2 is 1.58 bits per heavy atom. The second kappa shape index (κ2) is 9.31. The van der Waals surface area contributed by atoms with Crippen LogP contribution in [0.15, 0.2) is 0 Å². The lowest BCUT2D eigenvalue weighted by molar-refractivity contribution is 1.08. The number of rotatable bonds is 7. The van der Waals surface area contributed by atoms with Gasteiger partial charge in [0.05, 0.1) is 4.58 Å². The van der Waals surface area contributed by atoms with E-state index in [1.807, 2.05) is 23.5 Å². The van der Waals surface area contributed by atoms with Gasteiger partial charge in [0, 0.05) is 16.8 Å². The molecule has 74 valence electrons. The molecule has 0 aliphatic rings. The van der Waals surface area contributed by atoms with Crippen molar-refractivity contribution in [3.63, 3.8) is 0 Å². The highest BCUT2D eigenvalue weighted by molar-refractivity contribution is 8.12. The van der Waals surface area contributed by atoms with Crippen molar-refractivity contribution in [3.05, 3.63) is 0 Å². The Morgan fingerprint density at radius 3 is 2.08 bits per heavy atom. The van der Waals surface area contributed by atoms with Crippen LogP contribution in [0, 0.1) is 0 Å². The van der Waals surface area contributed by atoms with E-state index in [1.165, 1.54) is 0 Å². The summed E-state index contributed by atoms with van der Waals surface area (Å²) < 4.78 is 0.432. The lowest BCUT2D eigenvalue weighted by atomic mass is 10.5. The zero-order valence-electron chi connectivity index (χ0n) is 7.14. The Labute approximate surface area is 101 Å². The van der Waals surface area contributed by atoms with E-state index in [1.54, 1.807) is 0 Å². The van der Waals surface area contributed by atoms with Crippen LogP contribution in [0.1, 0.15) is 6.92 Å². The molecule has 0 saturated carbocycles. The molecular weight excluding hydrogens is 244 g/mol. The van der Waals surface area contributed by atoms with E-state index < -0.39 is 0 Å². The summed E-state index contributed by atoms with van der Waals surface area (Å²) in [5.74, 6) is 4.09. The Kier molecular flexibility index (Phi) is 10.7. The first-order valence-corrected chi connectivity index (χ1v) is 7.73. The van der Waals surface area contributed by atoms with Crippen LogP contribution in [0.25, 0.3) is 0 Å². The molecule has 0 aromatic rings. The van der Waals surface area contributed by atoms with Crippen LogP contribution in [0.4, 0.5) is 0 Å². The van der Waals surface area contributed by atoms with Gasteiger partial charge in [0.1, 0.15) is 0 Å². The van der Waals surface area contributed by atoms with E-state index in [0.717, 1.165) is 23.0 Å².